The third kappa shape index (κ3) is 9.18. The van der Waals surface area contributed by atoms with Gasteiger partial charge in [-0.25, -0.2) is 4.79 Å². The van der Waals surface area contributed by atoms with Crippen molar-refractivity contribution in [3.05, 3.63) is 104 Å². The van der Waals surface area contributed by atoms with E-state index in [1.54, 1.807) is 31.6 Å². The monoisotopic (exact) mass is 472 g/mol. The summed E-state index contributed by atoms with van der Waals surface area (Å²) in [6, 6.07) is 21.3. The molecule has 3 aromatic carbocycles. The van der Waals surface area contributed by atoms with Gasteiger partial charge in [0.2, 0.25) is 0 Å². The molecule has 0 aliphatic rings. The highest BCUT2D eigenvalue weighted by atomic mass is 16.5. The molecular weight excluding hydrogens is 440 g/mol. The third-order valence-electron chi connectivity index (χ3n) is 4.38. The van der Waals surface area contributed by atoms with Gasteiger partial charge in [0, 0.05) is 11.6 Å². The van der Waals surface area contributed by atoms with Crippen molar-refractivity contribution < 1.29 is 23.8 Å². The van der Waals surface area contributed by atoms with Crippen molar-refractivity contribution in [2.45, 2.75) is 20.8 Å². The van der Waals surface area contributed by atoms with Crippen LogP contribution in [-0.4, -0.2) is 19.9 Å². The number of carbonyl (C=O) groups excluding carboxylic acids is 2. The Morgan fingerprint density at radius 1 is 0.800 bits per heavy atom. The van der Waals surface area contributed by atoms with Crippen LogP contribution < -0.4 is 14.2 Å². The highest BCUT2D eigenvalue weighted by molar-refractivity contribution is 5.83. The van der Waals surface area contributed by atoms with Gasteiger partial charge in [0.15, 0.2) is 0 Å². The maximum atomic E-state index is 11.4. The molecule has 0 aromatic heterocycles. The summed E-state index contributed by atoms with van der Waals surface area (Å²) in [4.78, 5) is 19.4. The number of rotatable bonds is 7. The number of esters is 1. The Labute approximate surface area is 208 Å². The molecule has 3 rings (SSSR count). The summed E-state index contributed by atoms with van der Waals surface area (Å²) >= 11 is 0. The molecule has 0 N–H and O–H groups in total. The zero-order valence-corrected chi connectivity index (χ0v) is 20.7. The van der Waals surface area contributed by atoms with Crippen LogP contribution in [0.4, 0.5) is 0 Å². The summed E-state index contributed by atoms with van der Waals surface area (Å²) in [5, 5.41) is 0. The molecule has 0 aliphatic carbocycles. The molecule has 0 unspecified atom stereocenters. The highest BCUT2D eigenvalue weighted by Gasteiger charge is 2.10. The Hall–Kier alpha value is -4.38. The lowest BCUT2D eigenvalue weighted by atomic mass is 9.99. The first kappa shape index (κ1) is 28.7. The number of allylic oxidation sites excluding steroid dienone is 2. The molecule has 0 radical (unpaired) electrons. The van der Waals surface area contributed by atoms with Gasteiger partial charge in [0.25, 0.3) is 0 Å². The van der Waals surface area contributed by atoms with Gasteiger partial charge in [-0.05, 0) is 73.4 Å². The van der Waals surface area contributed by atoms with Crippen LogP contribution in [0, 0.1) is 0 Å². The van der Waals surface area contributed by atoms with E-state index in [0.29, 0.717) is 5.75 Å². The van der Waals surface area contributed by atoms with Crippen LogP contribution in [0.15, 0.2) is 104 Å². The molecule has 5 nitrogen and oxygen atoms in total. The van der Waals surface area contributed by atoms with Crippen LogP contribution in [0.5, 0.6) is 17.2 Å². The SMILES string of the molecule is C=CC.C=CC(=O)Oc1ccc(-c2ccc(-c3ccc(OC)cc3)c(OC=C(C)C)c2)cc1.C=O. The van der Waals surface area contributed by atoms with Gasteiger partial charge >= 0.3 is 5.97 Å². The average molecular weight is 473 g/mol. The Bertz CT molecular complexity index is 1120. The summed E-state index contributed by atoms with van der Waals surface area (Å²) in [7, 11) is 1.65. The standard InChI is InChI=1S/C26H24O4.C3H6.CH2O/c1-5-26(27)30-23-13-6-19(7-14-23)21-10-15-24(25(16-21)29-17-18(2)3)20-8-11-22(28-4)12-9-20;1-3-2;1-2/h5-17H,1H2,2-4H3;3H,1H2,2H3;1H2. The van der Waals surface area contributed by atoms with E-state index >= 15 is 0 Å². The maximum absolute atomic E-state index is 11.4. The van der Waals surface area contributed by atoms with Crippen LogP contribution in [0.25, 0.3) is 22.3 Å². The Morgan fingerprint density at radius 3 is 1.83 bits per heavy atom. The average Bonchev–Trinajstić information content (AvgIpc) is 2.89. The molecule has 0 aliphatic heterocycles. The minimum absolute atomic E-state index is 0.472. The van der Waals surface area contributed by atoms with E-state index in [0.717, 1.165) is 45.4 Å². The lowest BCUT2D eigenvalue weighted by molar-refractivity contribution is -0.128. The molecule has 0 spiro atoms. The first-order valence-electron chi connectivity index (χ1n) is 10.8. The number of ether oxygens (including phenoxy) is 3. The van der Waals surface area contributed by atoms with Gasteiger partial charge in [-0.2, -0.15) is 0 Å². The first-order chi connectivity index (χ1) is 16.9. The normalized spacial score (nSPS) is 9.14. The number of methoxy groups -OCH3 is 1. The fourth-order valence-electron chi connectivity index (χ4n) is 2.86. The number of hydrogen-bond acceptors (Lipinski definition) is 5. The lowest BCUT2D eigenvalue weighted by Crippen LogP contribution is -2.02. The Kier molecular flexibility index (Phi) is 12.7. The summed E-state index contributed by atoms with van der Waals surface area (Å²) in [5.41, 5.74) is 5.05. The fourth-order valence-corrected chi connectivity index (χ4v) is 2.86. The molecule has 0 saturated carbocycles. The van der Waals surface area contributed by atoms with Crippen LogP contribution >= 0.6 is 0 Å². The second-order valence-electron chi connectivity index (χ2n) is 7.31. The molecule has 0 amide bonds. The largest absolute Gasteiger partial charge is 0.497 e. The molecule has 0 fully saturated rings. The van der Waals surface area contributed by atoms with E-state index in [1.807, 2.05) is 82.2 Å². The summed E-state index contributed by atoms with van der Waals surface area (Å²) in [6.07, 6.45) is 4.63. The van der Waals surface area contributed by atoms with Crippen molar-refractivity contribution in [3.63, 3.8) is 0 Å². The molecule has 0 atom stereocenters. The molecule has 35 heavy (non-hydrogen) atoms. The second kappa shape index (κ2) is 15.5. The first-order valence-corrected chi connectivity index (χ1v) is 10.8. The van der Waals surface area contributed by atoms with Crippen LogP contribution in [0.3, 0.4) is 0 Å². The highest BCUT2D eigenvalue weighted by Crippen LogP contribution is 2.35. The topological polar surface area (TPSA) is 61.8 Å². The van der Waals surface area contributed by atoms with Gasteiger partial charge in [0.05, 0.1) is 13.4 Å². The van der Waals surface area contributed by atoms with E-state index in [4.69, 9.17) is 19.0 Å². The predicted molar refractivity (Wildman–Crippen MR) is 143 cm³/mol. The number of carbonyl (C=O) groups is 2. The summed E-state index contributed by atoms with van der Waals surface area (Å²) in [6.45, 7) is 14.6. The second-order valence-corrected chi connectivity index (χ2v) is 7.31. The van der Waals surface area contributed by atoms with Crippen molar-refractivity contribution in [1.82, 2.24) is 0 Å². The fraction of sp³-hybridized carbons (Fsp3) is 0.133. The van der Waals surface area contributed by atoms with Gasteiger partial charge in [-0.15, -0.1) is 6.58 Å². The van der Waals surface area contributed by atoms with Crippen LogP contribution in [-0.2, 0) is 9.59 Å². The minimum Gasteiger partial charge on any atom is -0.497 e. The molecular formula is C30H32O5. The maximum Gasteiger partial charge on any atom is 0.335 e. The number of hydrogen-bond donors (Lipinski definition) is 0. The van der Waals surface area contributed by atoms with Crippen LogP contribution in [0.1, 0.15) is 20.8 Å². The number of benzene rings is 3. The molecule has 3 aromatic rings. The van der Waals surface area contributed by atoms with Gasteiger partial charge in [-0.1, -0.05) is 49.1 Å². The van der Waals surface area contributed by atoms with E-state index in [1.165, 1.54) is 0 Å². The molecule has 182 valence electrons. The Morgan fingerprint density at radius 2 is 1.31 bits per heavy atom. The zero-order chi connectivity index (χ0) is 26.2. The molecule has 0 bridgehead atoms. The van der Waals surface area contributed by atoms with Crippen molar-refractivity contribution in [1.29, 1.82) is 0 Å². The van der Waals surface area contributed by atoms with Crippen molar-refractivity contribution in [2.24, 2.45) is 0 Å². The van der Waals surface area contributed by atoms with Crippen molar-refractivity contribution >= 4 is 12.8 Å². The smallest absolute Gasteiger partial charge is 0.335 e. The van der Waals surface area contributed by atoms with Gasteiger partial charge < -0.3 is 19.0 Å². The predicted octanol–water partition coefficient (Wildman–Crippen LogP) is 7.43. The van der Waals surface area contributed by atoms with E-state index in [9.17, 15) is 4.79 Å². The van der Waals surface area contributed by atoms with E-state index < -0.39 is 5.97 Å². The summed E-state index contributed by atoms with van der Waals surface area (Å²) in [5.74, 6) is 1.55. The van der Waals surface area contributed by atoms with Gasteiger partial charge in [0.1, 0.15) is 24.0 Å². The quantitative estimate of drug-likeness (QED) is 0.118. The lowest BCUT2D eigenvalue weighted by Gasteiger charge is -2.13. The third-order valence-corrected chi connectivity index (χ3v) is 4.38. The minimum atomic E-state index is -0.482. The molecule has 0 saturated heterocycles. The van der Waals surface area contributed by atoms with Crippen LogP contribution in [0.2, 0.25) is 0 Å². The zero-order valence-electron chi connectivity index (χ0n) is 20.7. The summed E-state index contributed by atoms with van der Waals surface area (Å²) < 4.78 is 16.4. The Balaban J connectivity index is 0.00000114. The van der Waals surface area contributed by atoms with E-state index in [-0.39, 0.29) is 0 Å². The molecule has 5 heteroatoms. The van der Waals surface area contributed by atoms with Crippen molar-refractivity contribution in [2.75, 3.05) is 7.11 Å². The van der Waals surface area contributed by atoms with Crippen molar-refractivity contribution in [3.8, 4) is 39.5 Å². The van der Waals surface area contributed by atoms with Gasteiger partial charge in [-0.3, -0.25) is 0 Å². The molecule has 0 heterocycles. The van der Waals surface area contributed by atoms with E-state index in [2.05, 4.69) is 13.2 Å².